The van der Waals surface area contributed by atoms with Crippen LogP contribution < -0.4 is 20.3 Å². The fourth-order valence-corrected chi connectivity index (χ4v) is 2.60. The summed E-state index contributed by atoms with van der Waals surface area (Å²) < 4.78 is 12.2. The number of benzene rings is 1. The summed E-state index contributed by atoms with van der Waals surface area (Å²) in [5.74, 6) is 0.915. The molecule has 2 aromatic heterocycles. The molecular weight excluding hydrogens is 352 g/mol. The Morgan fingerprint density at radius 2 is 1.89 bits per heavy atom. The Labute approximate surface area is 154 Å². The van der Waals surface area contributed by atoms with Crippen LogP contribution in [0.4, 0.5) is 17.2 Å². The monoisotopic (exact) mass is 370 g/mol. The molecule has 1 N–H and O–H groups in total. The number of nitrogens with one attached hydrogen (secondary N) is 1. The molecule has 0 bridgehead atoms. The third-order valence-corrected chi connectivity index (χ3v) is 3.70. The highest BCUT2D eigenvalue weighted by atomic mass is 16.6. The lowest BCUT2D eigenvalue weighted by molar-refractivity contribution is -0.385. The third-order valence-electron chi connectivity index (χ3n) is 3.70. The van der Waals surface area contributed by atoms with Gasteiger partial charge < -0.3 is 14.8 Å². The summed E-state index contributed by atoms with van der Waals surface area (Å²) >= 11 is 0. The van der Waals surface area contributed by atoms with Crippen molar-refractivity contribution in [3.05, 3.63) is 63.1 Å². The minimum atomic E-state index is -0.760. The molecule has 0 aliphatic heterocycles. The highest BCUT2D eigenvalue weighted by Gasteiger charge is 2.24. The number of ether oxygens (including phenoxy) is 2. The number of hydrogen-bond donors (Lipinski definition) is 1. The summed E-state index contributed by atoms with van der Waals surface area (Å²) in [6, 6.07) is 9.91. The molecule has 0 saturated heterocycles. The molecule has 1 aromatic carbocycles. The predicted molar refractivity (Wildman–Crippen MR) is 100 cm³/mol. The topological polar surface area (TPSA) is 108 Å². The minimum Gasteiger partial charge on any atom is -0.490 e. The molecule has 9 heteroatoms. The van der Waals surface area contributed by atoms with Crippen molar-refractivity contribution in [1.82, 2.24) is 9.38 Å². The van der Waals surface area contributed by atoms with E-state index in [-0.39, 0.29) is 5.82 Å². The van der Waals surface area contributed by atoms with Gasteiger partial charge in [-0.25, -0.2) is 4.98 Å². The van der Waals surface area contributed by atoms with Gasteiger partial charge in [-0.1, -0.05) is 6.07 Å². The lowest BCUT2D eigenvalue weighted by atomic mass is 10.2. The zero-order valence-electron chi connectivity index (χ0n) is 14.8. The van der Waals surface area contributed by atoms with Gasteiger partial charge in [0.1, 0.15) is 5.65 Å². The number of nitrogens with zero attached hydrogens (tertiary/aromatic N) is 3. The van der Waals surface area contributed by atoms with E-state index in [1.807, 2.05) is 13.8 Å². The van der Waals surface area contributed by atoms with Gasteiger partial charge in [0.05, 0.1) is 18.1 Å². The van der Waals surface area contributed by atoms with Crippen LogP contribution in [0.2, 0.25) is 0 Å². The predicted octanol–water partition coefficient (Wildman–Crippen LogP) is 3.14. The number of anilines is 2. The summed E-state index contributed by atoms with van der Waals surface area (Å²) in [5, 5.41) is 14.3. The van der Waals surface area contributed by atoms with Crippen LogP contribution >= 0.6 is 0 Å². The highest BCUT2D eigenvalue weighted by molar-refractivity contribution is 5.69. The Bertz CT molecular complexity index is 1050. The summed E-state index contributed by atoms with van der Waals surface area (Å²) in [7, 11) is 0. The van der Waals surface area contributed by atoms with E-state index in [1.54, 1.807) is 36.4 Å². The fraction of sp³-hybridized carbons (Fsp3) is 0.222. The first-order chi connectivity index (χ1) is 13.0. The van der Waals surface area contributed by atoms with Gasteiger partial charge in [-0.15, -0.1) is 0 Å². The van der Waals surface area contributed by atoms with E-state index < -0.39 is 16.2 Å². The van der Waals surface area contributed by atoms with Crippen LogP contribution in [0.5, 0.6) is 11.5 Å². The van der Waals surface area contributed by atoms with Gasteiger partial charge >= 0.3 is 11.2 Å². The molecular formula is C18H18N4O5. The first-order valence-electron chi connectivity index (χ1n) is 8.37. The van der Waals surface area contributed by atoms with E-state index in [4.69, 9.17) is 9.47 Å². The van der Waals surface area contributed by atoms with Gasteiger partial charge in [-0.3, -0.25) is 19.3 Å². The van der Waals surface area contributed by atoms with E-state index in [0.29, 0.717) is 36.0 Å². The minimum absolute atomic E-state index is 0.136. The number of pyridine rings is 1. The van der Waals surface area contributed by atoms with Crippen LogP contribution in [-0.4, -0.2) is 27.5 Å². The van der Waals surface area contributed by atoms with Crippen molar-refractivity contribution in [3.8, 4) is 11.5 Å². The highest BCUT2D eigenvalue weighted by Crippen LogP contribution is 2.32. The normalized spacial score (nSPS) is 10.6. The van der Waals surface area contributed by atoms with Crippen molar-refractivity contribution in [2.45, 2.75) is 13.8 Å². The van der Waals surface area contributed by atoms with E-state index in [2.05, 4.69) is 10.3 Å². The number of rotatable bonds is 7. The van der Waals surface area contributed by atoms with Crippen LogP contribution in [0.3, 0.4) is 0 Å². The van der Waals surface area contributed by atoms with Crippen LogP contribution in [0.25, 0.3) is 5.65 Å². The van der Waals surface area contributed by atoms with Gasteiger partial charge in [0.25, 0.3) is 0 Å². The van der Waals surface area contributed by atoms with Gasteiger partial charge in [0.15, 0.2) is 11.5 Å². The Morgan fingerprint density at radius 3 is 2.59 bits per heavy atom. The zero-order chi connectivity index (χ0) is 19.4. The molecule has 0 spiro atoms. The molecule has 0 aliphatic rings. The molecule has 140 valence electrons. The maximum atomic E-state index is 12.5. The lowest BCUT2D eigenvalue weighted by Gasteiger charge is -2.13. The fourth-order valence-electron chi connectivity index (χ4n) is 2.60. The van der Waals surface area contributed by atoms with Crippen molar-refractivity contribution < 1.29 is 14.4 Å². The zero-order valence-corrected chi connectivity index (χ0v) is 14.8. The second kappa shape index (κ2) is 7.73. The van der Waals surface area contributed by atoms with E-state index in [1.165, 1.54) is 6.20 Å². The number of fused-ring (bicyclic) bond motifs is 1. The molecule has 0 radical (unpaired) electrons. The Kier molecular flexibility index (Phi) is 5.20. The number of aromatic nitrogens is 2. The van der Waals surface area contributed by atoms with Crippen LogP contribution in [0.1, 0.15) is 13.8 Å². The van der Waals surface area contributed by atoms with Crippen LogP contribution in [0, 0.1) is 10.1 Å². The Hall–Kier alpha value is -3.62. The molecule has 3 rings (SSSR count). The average Bonchev–Trinajstić information content (AvgIpc) is 2.64. The van der Waals surface area contributed by atoms with Crippen molar-refractivity contribution in [3.63, 3.8) is 0 Å². The average molecular weight is 370 g/mol. The second-order valence-electron chi connectivity index (χ2n) is 5.45. The van der Waals surface area contributed by atoms with E-state index in [9.17, 15) is 14.9 Å². The van der Waals surface area contributed by atoms with E-state index >= 15 is 0 Å². The first-order valence-corrected chi connectivity index (χ1v) is 8.37. The second-order valence-corrected chi connectivity index (χ2v) is 5.45. The molecule has 0 atom stereocenters. The molecule has 27 heavy (non-hydrogen) atoms. The maximum Gasteiger partial charge on any atom is 0.376 e. The number of hydrogen-bond acceptors (Lipinski definition) is 7. The van der Waals surface area contributed by atoms with Gasteiger partial charge in [-0.2, -0.15) is 0 Å². The maximum absolute atomic E-state index is 12.5. The first kappa shape index (κ1) is 18.2. The Balaban J connectivity index is 2.08. The van der Waals surface area contributed by atoms with Gasteiger partial charge in [-0.05, 0) is 38.1 Å². The summed E-state index contributed by atoms with van der Waals surface area (Å²) in [4.78, 5) is 27.4. The molecule has 0 aliphatic carbocycles. The van der Waals surface area contributed by atoms with Crippen molar-refractivity contribution >= 4 is 22.8 Å². The van der Waals surface area contributed by atoms with Crippen LogP contribution in [-0.2, 0) is 0 Å². The van der Waals surface area contributed by atoms with Crippen molar-refractivity contribution in [1.29, 1.82) is 0 Å². The lowest BCUT2D eigenvalue weighted by Crippen LogP contribution is -2.20. The molecule has 9 nitrogen and oxygen atoms in total. The van der Waals surface area contributed by atoms with Crippen molar-refractivity contribution in [2.75, 3.05) is 18.5 Å². The van der Waals surface area contributed by atoms with Crippen molar-refractivity contribution in [2.24, 2.45) is 0 Å². The molecule has 2 heterocycles. The number of nitro groups is 1. The molecule has 0 fully saturated rings. The standard InChI is InChI=1S/C18H18N4O5/c1-3-26-13-9-8-12(11-14(13)27-4-2)19-17-16(22(24)25)18(23)21-10-6-5-7-15(21)20-17/h5-11,19H,3-4H2,1-2H3. The molecule has 3 aromatic rings. The van der Waals surface area contributed by atoms with Gasteiger partial charge in [0, 0.05) is 18.0 Å². The smallest absolute Gasteiger partial charge is 0.376 e. The van der Waals surface area contributed by atoms with E-state index in [0.717, 1.165) is 4.40 Å². The summed E-state index contributed by atoms with van der Waals surface area (Å²) in [6.07, 6.45) is 1.44. The summed E-state index contributed by atoms with van der Waals surface area (Å²) in [5.41, 5.74) is -0.613. The summed E-state index contributed by atoms with van der Waals surface area (Å²) in [6.45, 7) is 4.60. The largest absolute Gasteiger partial charge is 0.490 e. The molecule has 0 unspecified atom stereocenters. The SMILES string of the molecule is CCOc1ccc(Nc2nc3ccccn3c(=O)c2[N+](=O)[O-])cc1OCC. The van der Waals surface area contributed by atoms with Crippen LogP contribution in [0.15, 0.2) is 47.4 Å². The molecule has 0 amide bonds. The third kappa shape index (κ3) is 3.66. The molecule has 0 saturated carbocycles. The quantitative estimate of drug-likeness (QED) is 0.503. The Morgan fingerprint density at radius 1 is 1.15 bits per heavy atom. The van der Waals surface area contributed by atoms with Gasteiger partial charge in [0.2, 0.25) is 5.82 Å².